The second kappa shape index (κ2) is 10.8. The molecule has 0 aliphatic heterocycles. The van der Waals surface area contributed by atoms with E-state index in [4.69, 9.17) is 0 Å². The average Bonchev–Trinajstić information content (AvgIpc) is 2.64. The van der Waals surface area contributed by atoms with Crippen molar-refractivity contribution >= 4 is 0 Å². The second-order valence-electron chi connectivity index (χ2n) is 7.60. The van der Waals surface area contributed by atoms with Gasteiger partial charge < -0.3 is 4.90 Å². The molecule has 0 fully saturated rings. The minimum absolute atomic E-state index is 0.422. The van der Waals surface area contributed by atoms with E-state index >= 15 is 0 Å². The van der Waals surface area contributed by atoms with E-state index in [1.165, 1.54) is 22.3 Å². The van der Waals surface area contributed by atoms with Gasteiger partial charge in [-0.2, -0.15) is 0 Å². The van der Waals surface area contributed by atoms with Gasteiger partial charge in [-0.3, -0.25) is 0 Å². The first-order valence-electron chi connectivity index (χ1n) is 10.2. The van der Waals surface area contributed by atoms with Crippen molar-refractivity contribution in [2.24, 2.45) is 0 Å². The lowest BCUT2D eigenvalue weighted by molar-refractivity contribution is 0.290. The van der Waals surface area contributed by atoms with Crippen LogP contribution in [-0.4, -0.2) is 17.5 Å². The maximum absolute atomic E-state index is 4.23. The van der Waals surface area contributed by atoms with Crippen molar-refractivity contribution in [3.05, 3.63) is 95.2 Å². The highest BCUT2D eigenvalue weighted by atomic mass is 15.2. The predicted molar refractivity (Wildman–Crippen MR) is 119 cm³/mol. The first kappa shape index (κ1) is 21.0. The third-order valence-electron chi connectivity index (χ3n) is 5.11. The Bertz CT molecular complexity index is 739. The Kier molecular flexibility index (Phi) is 8.39. The van der Waals surface area contributed by atoms with E-state index in [1.807, 2.05) is 0 Å². The van der Waals surface area contributed by atoms with Gasteiger partial charge in [-0.15, -0.1) is 0 Å². The minimum atomic E-state index is 0.422. The summed E-state index contributed by atoms with van der Waals surface area (Å²) in [7, 11) is 0. The first-order chi connectivity index (χ1) is 13.0. The Morgan fingerprint density at radius 1 is 1.00 bits per heavy atom. The van der Waals surface area contributed by atoms with Crippen LogP contribution in [0, 0.1) is 13.8 Å². The van der Waals surface area contributed by atoms with Crippen molar-refractivity contribution in [2.45, 2.75) is 59.4 Å². The lowest BCUT2D eigenvalue weighted by Gasteiger charge is -2.31. The molecule has 0 saturated carbocycles. The van der Waals surface area contributed by atoms with Crippen LogP contribution in [0.25, 0.3) is 0 Å². The van der Waals surface area contributed by atoms with Crippen LogP contribution in [0.15, 0.2) is 73.0 Å². The number of hydrogen-bond acceptors (Lipinski definition) is 1. The fraction of sp³-hybridized carbons (Fsp3) is 0.385. The van der Waals surface area contributed by atoms with E-state index in [-0.39, 0.29) is 0 Å². The predicted octanol–water partition coefficient (Wildman–Crippen LogP) is 6.65. The van der Waals surface area contributed by atoms with Crippen molar-refractivity contribution in [2.75, 3.05) is 6.54 Å². The van der Waals surface area contributed by atoms with E-state index in [2.05, 4.69) is 99.9 Å². The van der Waals surface area contributed by atoms with E-state index in [0.717, 1.165) is 37.9 Å². The number of allylic oxidation sites excluding steroid dienone is 2. The monoisotopic (exact) mass is 361 g/mol. The molecule has 0 aliphatic carbocycles. The third kappa shape index (κ3) is 7.09. The maximum Gasteiger partial charge on any atom is 0.0467 e. The lowest BCUT2D eigenvalue weighted by Crippen LogP contribution is -2.33. The number of aryl methyl sites for hydroxylation is 3. The van der Waals surface area contributed by atoms with Gasteiger partial charge >= 0.3 is 0 Å². The number of hydrogen-bond donors (Lipinski definition) is 0. The highest BCUT2D eigenvalue weighted by Gasteiger charge is 2.13. The highest BCUT2D eigenvalue weighted by molar-refractivity contribution is 5.23. The number of benzene rings is 2. The summed E-state index contributed by atoms with van der Waals surface area (Å²) in [4.78, 5) is 2.45. The summed E-state index contributed by atoms with van der Waals surface area (Å²) in [5.41, 5.74) is 6.62. The molecule has 2 aromatic rings. The Morgan fingerprint density at radius 3 is 2.37 bits per heavy atom. The van der Waals surface area contributed by atoms with Crippen LogP contribution >= 0.6 is 0 Å². The van der Waals surface area contributed by atoms with Crippen molar-refractivity contribution in [1.29, 1.82) is 0 Å². The summed E-state index contributed by atoms with van der Waals surface area (Å²) in [6.07, 6.45) is 9.06. The molecule has 0 saturated heterocycles. The second-order valence-corrected chi connectivity index (χ2v) is 7.60. The standard InChI is InChI=1S/C26H35N/c1-6-26(13-8-7-11-25-12-9-10-23(5)20-25)27(21(2)3)19-18-24-16-14-22(4)15-17-24/h8-10,12-17,20,26H,2,6-7,11,18-19H2,1,3-5H3/b13-8+. The molecule has 0 N–H and O–H groups in total. The zero-order valence-electron chi connectivity index (χ0n) is 17.5. The smallest absolute Gasteiger partial charge is 0.0467 e. The van der Waals surface area contributed by atoms with Crippen molar-refractivity contribution in [1.82, 2.24) is 4.90 Å². The quantitative estimate of drug-likeness (QED) is 0.428. The molecular formula is C26H35N. The molecule has 0 bridgehead atoms. The Morgan fingerprint density at radius 2 is 1.74 bits per heavy atom. The summed E-state index contributed by atoms with van der Waals surface area (Å²) in [6.45, 7) is 13.9. The Labute approximate surface area is 166 Å². The minimum Gasteiger partial charge on any atom is -0.369 e. The Hall–Kier alpha value is -2.28. The van der Waals surface area contributed by atoms with Crippen LogP contribution in [0.3, 0.4) is 0 Å². The molecule has 1 atom stereocenters. The van der Waals surface area contributed by atoms with Gasteiger partial charge in [0.2, 0.25) is 0 Å². The number of rotatable bonds is 10. The van der Waals surface area contributed by atoms with E-state index in [1.54, 1.807) is 0 Å². The molecule has 1 heteroatoms. The van der Waals surface area contributed by atoms with Crippen LogP contribution in [0.4, 0.5) is 0 Å². The fourth-order valence-corrected chi connectivity index (χ4v) is 3.48. The first-order valence-corrected chi connectivity index (χ1v) is 10.2. The molecule has 2 rings (SSSR count). The fourth-order valence-electron chi connectivity index (χ4n) is 3.48. The van der Waals surface area contributed by atoms with Gasteiger partial charge in [0, 0.05) is 18.3 Å². The SMILES string of the molecule is C=C(C)N(CCc1ccc(C)cc1)C(/C=C/CCc1cccc(C)c1)CC. The van der Waals surface area contributed by atoms with E-state index < -0.39 is 0 Å². The van der Waals surface area contributed by atoms with Crippen LogP contribution in [0.1, 0.15) is 48.9 Å². The molecule has 27 heavy (non-hydrogen) atoms. The molecule has 0 amide bonds. The topological polar surface area (TPSA) is 3.24 Å². The zero-order valence-corrected chi connectivity index (χ0v) is 17.5. The Balaban J connectivity index is 1.92. The zero-order chi connectivity index (χ0) is 19.6. The molecule has 0 aliphatic rings. The average molecular weight is 362 g/mol. The van der Waals surface area contributed by atoms with E-state index in [9.17, 15) is 0 Å². The van der Waals surface area contributed by atoms with E-state index in [0.29, 0.717) is 6.04 Å². The molecule has 2 aromatic carbocycles. The third-order valence-corrected chi connectivity index (χ3v) is 5.11. The molecule has 144 valence electrons. The molecule has 0 heterocycles. The normalized spacial score (nSPS) is 12.3. The van der Waals surface area contributed by atoms with Gasteiger partial charge in [-0.25, -0.2) is 0 Å². The lowest BCUT2D eigenvalue weighted by atomic mass is 10.0. The van der Waals surface area contributed by atoms with Gasteiger partial charge in [-0.05, 0) is 57.6 Å². The molecule has 1 nitrogen and oxygen atoms in total. The van der Waals surface area contributed by atoms with Crippen molar-refractivity contribution in [3.8, 4) is 0 Å². The molecule has 1 unspecified atom stereocenters. The highest BCUT2D eigenvalue weighted by Crippen LogP contribution is 2.15. The van der Waals surface area contributed by atoms with Gasteiger partial charge in [0.1, 0.15) is 0 Å². The van der Waals surface area contributed by atoms with Gasteiger partial charge in [-0.1, -0.05) is 85.3 Å². The summed E-state index contributed by atoms with van der Waals surface area (Å²) >= 11 is 0. The van der Waals surface area contributed by atoms with Crippen LogP contribution in [0.5, 0.6) is 0 Å². The van der Waals surface area contributed by atoms with Crippen LogP contribution in [-0.2, 0) is 12.8 Å². The largest absolute Gasteiger partial charge is 0.369 e. The molecular weight excluding hydrogens is 326 g/mol. The molecule has 0 aromatic heterocycles. The van der Waals surface area contributed by atoms with Crippen molar-refractivity contribution < 1.29 is 0 Å². The summed E-state index contributed by atoms with van der Waals surface area (Å²) in [6, 6.07) is 18.1. The van der Waals surface area contributed by atoms with Gasteiger partial charge in [0.05, 0.1) is 0 Å². The van der Waals surface area contributed by atoms with Gasteiger partial charge in [0.15, 0.2) is 0 Å². The van der Waals surface area contributed by atoms with Crippen molar-refractivity contribution in [3.63, 3.8) is 0 Å². The molecule has 0 radical (unpaired) electrons. The summed E-state index contributed by atoms with van der Waals surface area (Å²) in [5.74, 6) is 0. The summed E-state index contributed by atoms with van der Waals surface area (Å²) in [5, 5.41) is 0. The maximum atomic E-state index is 4.23. The van der Waals surface area contributed by atoms with Gasteiger partial charge in [0.25, 0.3) is 0 Å². The van der Waals surface area contributed by atoms with Crippen LogP contribution in [0.2, 0.25) is 0 Å². The summed E-state index contributed by atoms with van der Waals surface area (Å²) < 4.78 is 0. The molecule has 0 spiro atoms. The number of nitrogens with zero attached hydrogens (tertiary/aromatic N) is 1. The van der Waals surface area contributed by atoms with Crippen LogP contribution < -0.4 is 0 Å².